The van der Waals surface area contributed by atoms with Crippen LogP contribution in [0.4, 0.5) is 4.39 Å². The summed E-state index contributed by atoms with van der Waals surface area (Å²) in [5, 5.41) is 0. The number of benzene rings is 1. The average Bonchev–Trinajstić information content (AvgIpc) is 2.33. The molecule has 106 valence electrons. The molecule has 0 bridgehead atoms. The zero-order valence-electron chi connectivity index (χ0n) is 11.4. The summed E-state index contributed by atoms with van der Waals surface area (Å²) in [4.78, 5) is 0. The van der Waals surface area contributed by atoms with Gasteiger partial charge in [-0.05, 0) is 58.8 Å². The third-order valence-electron chi connectivity index (χ3n) is 4.21. The van der Waals surface area contributed by atoms with Gasteiger partial charge in [0, 0.05) is 6.04 Å². The molecular weight excluding hydrogens is 305 g/mol. The molecule has 1 unspecified atom stereocenters. The molecule has 2 rings (SSSR count). The van der Waals surface area contributed by atoms with Crippen LogP contribution in [0.15, 0.2) is 22.7 Å². The number of halogens is 2. The van der Waals surface area contributed by atoms with Crippen LogP contribution in [0.3, 0.4) is 0 Å². The Balaban J connectivity index is 1.94. The first-order chi connectivity index (χ1) is 9.16. The monoisotopic (exact) mass is 327 g/mol. The minimum atomic E-state index is -0.205. The molecule has 0 amide bonds. The first kappa shape index (κ1) is 15.0. The van der Waals surface area contributed by atoms with Gasteiger partial charge in [0.1, 0.15) is 5.82 Å². The van der Waals surface area contributed by atoms with E-state index < -0.39 is 0 Å². The lowest BCUT2D eigenvalue weighted by atomic mass is 9.84. The molecular formula is C16H23BrFN. The van der Waals surface area contributed by atoms with Crippen molar-refractivity contribution in [1.29, 1.82) is 0 Å². The summed E-state index contributed by atoms with van der Waals surface area (Å²) in [7, 11) is 0. The predicted molar refractivity (Wildman–Crippen MR) is 81.6 cm³/mol. The smallest absolute Gasteiger partial charge is 0.137 e. The van der Waals surface area contributed by atoms with Gasteiger partial charge >= 0.3 is 0 Å². The highest BCUT2D eigenvalue weighted by molar-refractivity contribution is 9.10. The third kappa shape index (κ3) is 4.57. The average molecular weight is 328 g/mol. The van der Waals surface area contributed by atoms with E-state index in [-0.39, 0.29) is 11.9 Å². The zero-order chi connectivity index (χ0) is 13.7. The van der Waals surface area contributed by atoms with Crippen LogP contribution in [0, 0.1) is 11.7 Å². The first-order valence-corrected chi connectivity index (χ1v) is 8.15. The first-order valence-electron chi connectivity index (χ1n) is 7.36. The van der Waals surface area contributed by atoms with Crippen LogP contribution < -0.4 is 5.73 Å². The second-order valence-corrected chi connectivity index (χ2v) is 6.58. The lowest BCUT2D eigenvalue weighted by Gasteiger charge is -2.26. The summed E-state index contributed by atoms with van der Waals surface area (Å²) in [5.41, 5.74) is 7.51. The largest absolute Gasteiger partial charge is 0.327 e. The molecule has 1 aromatic carbocycles. The van der Waals surface area contributed by atoms with E-state index in [0.29, 0.717) is 10.4 Å². The number of nitrogens with two attached hydrogens (primary N) is 1. The fourth-order valence-electron chi connectivity index (χ4n) is 3.02. The molecule has 3 heteroatoms. The number of rotatable bonds is 3. The highest BCUT2D eigenvalue weighted by atomic mass is 79.9. The van der Waals surface area contributed by atoms with E-state index in [1.807, 2.05) is 12.1 Å². The van der Waals surface area contributed by atoms with E-state index in [2.05, 4.69) is 15.9 Å². The van der Waals surface area contributed by atoms with E-state index in [1.165, 1.54) is 51.0 Å². The van der Waals surface area contributed by atoms with Crippen LogP contribution in [0.1, 0.15) is 50.5 Å². The fraction of sp³-hybridized carbons (Fsp3) is 0.625. The molecule has 0 heterocycles. The third-order valence-corrected chi connectivity index (χ3v) is 4.82. The Morgan fingerprint density at radius 1 is 1.16 bits per heavy atom. The maximum atomic E-state index is 13.2. The second-order valence-electron chi connectivity index (χ2n) is 5.72. The summed E-state index contributed by atoms with van der Waals surface area (Å²) < 4.78 is 13.7. The molecule has 1 aromatic rings. The van der Waals surface area contributed by atoms with E-state index in [4.69, 9.17) is 5.73 Å². The lowest BCUT2D eigenvalue weighted by molar-refractivity contribution is 0.322. The van der Waals surface area contributed by atoms with Gasteiger partial charge in [-0.2, -0.15) is 0 Å². The van der Waals surface area contributed by atoms with Crippen LogP contribution in [0.25, 0.3) is 0 Å². The zero-order valence-corrected chi connectivity index (χ0v) is 13.0. The molecule has 0 radical (unpaired) electrons. The van der Waals surface area contributed by atoms with Crippen LogP contribution in [-0.2, 0) is 6.42 Å². The summed E-state index contributed by atoms with van der Waals surface area (Å²) in [6.45, 7) is 0. The maximum absolute atomic E-state index is 13.2. The molecule has 1 aliphatic carbocycles. The van der Waals surface area contributed by atoms with Gasteiger partial charge in [0.2, 0.25) is 0 Å². The van der Waals surface area contributed by atoms with Crippen molar-refractivity contribution in [2.24, 2.45) is 11.7 Å². The molecule has 1 fully saturated rings. The molecule has 0 aromatic heterocycles. The Morgan fingerprint density at radius 3 is 2.42 bits per heavy atom. The second kappa shape index (κ2) is 7.39. The predicted octanol–water partition coefficient (Wildman–Crippen LogP) is 4.82. The van der Waals surface area contributed by atoms with Crippen molar-refractivity contribution in [1.82, 2.24) is 0 Å². The van der Waals surface area contributed by atoms with Crippen molar-refractivity contribution in [2.75, 3.05) is 0 Å². The number of hydrogen-bond donors (Lipinski definition) is 1. The molecule has 2 N–H and O–H groups in total. The van der Waals surface area contributed by atoms with Gasteiger partial charge in [-0.25, -0.2) is 4.39 Å². The Bertz CT molecular complexity index is 400. The molecule has 0 saturated heterocycles. The van der Waals surface area contributed by atoms with Crippen molar-refractivity contribution in [3.05, 3.63) is 34.1 Å². The van der Waals surface area contributed by atoms with Crippen LogP contribution >= 0.6 is 15.9 Å². The summed E-state index contributed by atoms with van der Waals surface area (Å²) in [5.74, 6) is 0.424. The van der Waals surface area contributed by atoms with Gasteiger partial charge in [0.25, 0.3) is 0 Å². The van der Waals surface area contributed by atoms with Crippen molar-refractivity contribution in [2.45, 2.75) is 57.4 Å². The van der Waals surface area contributed by atoms with Crippen molar-refractivity contribution < 1.29 is 4.39 Å². The van der Waals surface area contributed by atoms with Crippen molar-refractivity contribution >= 4 is 15.9 Å². The molecule has 1 saturated carbocycles. The summed E-state index contributed by atoms with van der Waals surface area (Å²) in [6, 6.07) is 5.43. The molecule has 1 aliphatic rings. The van der Waals surface area contributed by atoms with Gasteiger partial charge in [0.05, 0.1) is 4.47 Å². The Hall–Kier alpha value is -0.410. The van der Waals surface area contributed by atoms with Gasteiger partial charge < -0.3 is 5.73 Å². The Kier molecular flexibility index (Phi) is 5.83. The lowest BCUT2D eigenvalue weighted by Crippen LogP contribution is -2.32. The quantitative estimate of drug-likeness (QED) is 0.846. The standard InChI is InChI=1S/C16H23BrFN/c17-14-10-12(8-9-15(14)18)11-16(19)13-6-4-2-1-3-5-7-13/h8-10,13,16H,1-7,11,19H2. The molecule has 1 nitrogen and oxygen atoms in total. The van der Waals surface area contributed by atoms with E-state index in [0.717, 1.165) is 12.0 Å². The van der Waals surface area contributed by atoms with Crippen LogP contribution in [0.2, 0.25) is 0 Å². The topological polar surface area (TPSA) is 26.0 Å². The van der Waals surface area contributed by atoms with Gasteiger partial charge in [-0.1, -0.05) is 38.2 Å². The van der Waals surface area contributed by atoms with E-state index in [1.54, 1.807) is 0 Å². The highest BCUT2D eigenvalue weighted by Crippen LogP contribution is 2.26. The minimum absolute atomic E-state index is 0.204. The van der Waals surface area contributed by atoms with E-state index in [9.17, 15) is 4.39 Å². The molecule has 0 spiro atoms. The summed E-state index contributed by atoms with van der Waals surface area (Å²) >= 11 is 3.24. The maximum Gasteiger partial charge on any atom is 0.137 e. The van der Waals surface area contributed by atoms with Crippen molar-refractivity contribution in [3.8, 4) is 0 Å². The molecule has 0 aliphatic heterocycles. The minimum Gasteiger partial charge on any atom is -0.327 e. The highest BCUT2D eigenvalue weighted by Gasteiger charge is 2.19. The van der Waals surface area contributed by atoms with E-state index >= 15 is 0 Å². The Labute approximate surface area is 123 Å². The molecule has 1 atom stereocenters. The van der Waals surface area contributed by atoms with Gasteiger partial charge in [-0.3, -0.25) is 0 Å². The van der Waals surface area contributed by atoms with Gasteiger partial charge in [-0.15, -0.1) is 0 Å². The van der Waals surface area contributed by atoms with Crippen LogP contribution in [0.5, 0.6) is 0 Å². The Morgan fingerprint density at radius 2 is 1.79 bits per heavy atom. The van der Waals surface area contributed by atoms with Gasteiger partial charge in [0.15, 0.2) is 0 Å². The van der Waals surface area contributed by atoms with Crippen molar-refractivity contribution in [3.63, 3.8) is 0 Å². The SMILES string of the molecule is NC(Cc1ccc(F)c(Br)c1)C1CCCCCCC1. The summed E-state index contributed by atoms with van der Waals surface area (Å²) in [6.07, 6.45) is 10.1. The fourth-order valence-corrected chi connectivity index (χ4v) is 3.45. The normalized spacial score (nSPS) is 19.7. The number of hydrogen-bond acceptors (Lipinski definition) is 1. The molecule has 19 heavy (non-hydrogen) atoms. The van der Waals surface area contributed by atoms with Crippen LogP contribution in [-0.4, -0.2) is 6.04 Å².